The number of imide groups is 1. The molecule has 0 aromatic heterocycles. The molecule has 3 rings (SSSR count). The first-order chi connectivity index (χ1) is 12.9. The van der Waals surface area contributed by atoms with E-state index >= 15 is 0 Å². The Balaban J connectivity index is 1.76. The third-order valence-corrected chi connectivity index (χ3v) is 10.7. The molecule has 28 heavy (non-hydrogen) atoms. The van der Waals surface area contributed by atoms with Crippen molar-refractivity contribution in [1.82, 2.24) is 9.80 Å². The van der Waals surface area contributed by atoms with Crippen LogP contribution in [0.4, 0.5) is 4.79 Å². The van der Waals surface area contributed by atoms with Gasteiger partial charge in [0.25, 0.3) is 11.8 Å². The van der Waals surface area contributed by atoms with Crippen LogP contribution in [0.3, 0.4) is 0 Å². The predicted octanol–water partition coefficient (Wildman–Crippen LogP) is 3.43. The zero-order valence-corrected chi connectivity index (χ0v) is 18.1. The zero-order chi connectivity index (χ0) is 20.9. The summed E-state index contributed by atoms with van der Waals surface area (Å²) in [6.07, 6.45) is -0.799. The monoisotopic (exact) mass is 404 g/mol. The smallest absolute Gasteiger partial charge is 0.407 e. The number of hydrogen-bond donors (Lipinski definition) is 1. The summed E-state index contributed by atoms with van der Waals surface area (Å²) in [7, 11) is -2.05. The van der Waals surface area contributed by atoms with Gasteiger partial charge >= 0.3 is 6.09 Å². The Hall–Kier alpha value is -2.19. The van der Waals surface area contributed by atoms with E-state index in [0.29, 0.717) is 17.5 Å². The van der Waals surface area contributed by atoms with Crippen LogP contribution in [-0.2, 0) is 4.43 Å². The van der Waals surface area contributed by atoms with Crippen LogP contribution in [0.2, 0.25) is 18.1 Å². The predicted molar refractivity (Wildman–Crippen MR) is 107 cm³/mol. The summed E-state index contributed by atoms with van der Waals surface area (Å²) in [5.41, 5.74) is 0.753. The van der Waals surface area contributed by atoms with Crippen LogP contribution in [0.15, 0.2) is 24.3 Å². The number of fused-ring (bicyclic) bond motifs is 1. The maximum absolute atomic E-state index is 12.6. The van der Waals surface area contributed by atoms with Gasteiger partial charge in [-0.05, 0) is 36.7 Å². The summed E-state index contributed by atoms with van der Waals surface area (Å²) in [6.45, 7) is 11.0. The summed E-state index contributed by atoms with van der Waals surface area (Å²) >= 11 is 0. The summed E-state index contributed by atoms with van der Waals surface area (Å²) in [6, 6.07) is 6.23. The molecular weight excluding hydrogens is 376 g/mol. The summed E-state index contributed by atoms with van der Waals surface area (Å²) in [4.78, 5) is 39.5. The van der Waals surface area contributed by atoms with E-state index in [4.69, 9.17) is 4.43 Å². The molecule has 2 aliphatic rings. The van der Waals surface area contributed by atoms with Gasteiger partial charge in [-0.15, -0.1) is 0 Å². The Morgan fingerprint density at radius 2 is 1.71 bits per heavy atom. The number of nitrogens with zero attached hydrogens (tertiary/aromatic N) is 2. The van der Waals surface area contributed by atoms with E-state index in [2.05, 4.69) is 33.9 Å². The van der Waals surface area contributed by atoms with Gasteiger partial charge in [-0.3, -0.25) is 14.5 Å². The Morgan fingerprint density at radius 3 is 2.18 bits per heavy atom. The van der Waals surface area contributed by atoms with Crippen LogP contribution in [0.1, 0.15) is 47.9 Å². The van der Waals surface area contributed by atoms with Gasteiger partial charge in [0, 0.05) is 6.54 Å². The van der Waals surface area contributed by atoms with E-state index in [1.54, 1.807) is 24.3 Å². The SMILES string of the molecule is CC(C)(C)[Si](C)(C)O[C@H]1C[C@H](CN2C(=O)c3ccccc3C2=O)N(C(=O)O)C1. The Kier molecular flexibility index (Phi) is 5.14. The number of amides is 3. The summed E-state index contributed by atoms with van der Waals surface area (Å²) < 4.78 is 6.40. The van der Waals surface area contributed by atoms with Crippen molar-refractivity contribution in [3.05, 3.63) is 35.4 Å². The van der Waals surface area contributed by atoms with Crippen molar-refractivity contribution in [3.63, 3.8) is 0 Å². The van der Waals surface area contributed by atoms with Gasteiger partial charge in [0.1, 0.15) is 0 Å². The molecule has 0 unspecified atom stereocenters. The maximum atomic E-state index is 12.6. The van der Waals surface area contributed by atoms with E-state index < -0.39 is 20.5 Å². The van der Waals surface area contributed by atoms with E-state index in [1.165, 1.54) is 9.80 Å². The van der Waals surface area contributed by atoms with E-state index in [1.807, 2.05) is 0 Å². The molecule has 7 nitrogen and oxygen atoms in total. The van der Waals surface area contributed by atoms with E-state index in [0.717, 1.165) is 0 Å². The van der Waals surface area contributed by atoms with Crippen LogP contribution in [0.25, 0.3) is 0 Å². The third kappa shape index (κ3) is 3.58. The molecule has 152 valence electrons. The lowest BCUT2D eigenvalue weighted by molar-refractivity contribution is 0.0603. The molecule has 0 aliphatic carbocycles. The lowest BCUT2D eigenvalue weighted by Crippen LogP contribution is -2.45. The largest absolute Gasteiger partial charge is 0.465 e. The van der Waals surface area contributed by atoms with Crippen molar-refractivity contribution in [2.75, 3.05) is 13.1 Å². The number of carbonyl (C=O) groups is 3. The minimum absolute atomic E-state index is 0.0155. The van der Waals surface area contributed by atoms with Crippen LogP contribution in [-0.4, -0.2) is 66.4 Å². The fraction of sp³-hybridized carbons (Fsp3) is 0.550. The van der Waals surface area contributed by atoms with Gasteiger partial charge in [0.15, 0.2) is 8.32 Å². The van der Waals surface area contributed by atoms with Crippen molar-refractivity contribution >= 4 is 26.2 Å². The van der Waals surface area contributed by atoms with Gasteiger partial charge in [-0.25, -0.2) is 4.79 Å². The van der Waals surface area contributed by atoms with Crippen molar-refractivity contribution < 1.29 is 23.9 Å². The minimum atomic E-state index is -2.05. The standard InChI is InChI=1S/C20H28N2O5Si/c1-20(2,3)28(4,5)27-14-10-13(21(12-14)19(25)26)11-22-17(23)15-8-6-7-9-16(15)18(22)24/h6-9,13-14H,10-12H2,1-5H3,(H,25,26)/t13-,14+/m1/s1. The molecule has 2 aliphatic heterocycles. The highest BCUT2D eigenvalue weighted by molar-refractivity contribution is 6.74. The van der Waals surface area contributed by atoms with Crippen LogP contribution in [0, 0.1) is 0 Å². The molecule has 1 aromatic carbocycles. The topological polar surface area (TPSA) is 87.2 Å². The number of likely N-dealkylation sites (tertiary alicyclic amines) is 1. The summed E-state index contributed by atoms with van der Waals surface area (Å²) in [5, 5.41) is 9.65. The fourth-order valence-corrected chi connectivity index (χ4v) is 4.93. The first-order valence-corrected chi connectivity index (χ1v) is 12.5. The van der Waals surface area contributed by atoms with Crippen molar-refractivity contribution in [2.24, 2.45) is 0 Å². The molecule has 8 heteroatoms. The van der Waals surface area contributed by atoms with Crippen LogP contribution in [0.5, 0.6) is 0 Å². The van der Waals surface area contributed by atoms with E-state index in [9.17, 15) is 19.5 Å². The second kappa shape index (κ2) is 7.00. The molecule has 0 bridgehead atoms. The Labute approximate surface area is 166 Å². The zero-order valence-electron chi connectivity index (χ0n) is 17.1. The molecule has 2 atom stereocenters. The molecule has 2 heterocycles. The molecule has 0 saturated carbocycles. The Morgan fingerprint density at radius 1 is 1.18 bits per heavy atom. The lowest BCUT2D eigenvalue weighted by Gasteiger charge is -2.38. The molecule has 1 fully saturated rings. The molecule has 0 radical (unpaired) electrons. The highest BCUT2D eigenvalue weighted by Gasteiger charge is 2.45. The Bertz CT molecular complexity index is 782. The highest BCUT2D eigenvalue weighted by atomic mass is 28.4. The summed E-state index contributed by atoms with van der Waals surface area (Å²) in [5.74, 6) is -0.723. The quantitative estimate of drug-likeness (QED) is 0.614. The van der Waals surface area contributed by atoms with Crippen LogP contribution < -0.4 is 0 Å². The van der Waals surface area contributed by atoms with Crippen molar-refractivity contribution in [3.8, 4) is 0 Å². The van der Waals surface area contributed by atoms with Gasteiger partial charge < -0.3 is 14.4 Å². The van der Waals surface area contributed by atoms with Crippen LogP contribution >= 0.6 is 0 Å². The van der Waals surface area contributed by atoms with Gasteiger partial charge in [-0.2, -0.15) is 0 Å². The molecule has 3 amide bonds. The third-order valence-electron chi connectivity index (χ3n) is 6.16. The molecule has 1 aromatic rings. The van der Waals surface area contributed by atoms with Gasteiger partial charge in [-0.1, -0.05) is 32.9 Å². The lowest BCUT2D eigenvalue weighted by atomic mass is 10.1. The number of benzene rings is 1. The first-order valence-electron chi connectivity index (χ1n) is 9.55. The molecule has 1 N–H and O–H groups in total. The number of rotatable bonds is 4. The second-order valence-electron chi connectivity index (χ2n) is 9.09. The number of carbonyl (C=O) groups excluding carboxylic acids is 2. The van der Waals surface area contributed by atoms with Crippen molar-refractivity contribution in [1.29, 1.82) is 0 Å². The maximum Gasteiger partial charge on any atom is 0.407 e. The normalized spacial score (nSPS) is 22.8. The molecule has 1 saturated heterocycles. The average molecular weight is 405 g/mol. The molecular formula is C20H28N2O5Si. The average Bonchev–Trinajstić information content (AvgIpc) is 3.09. The van der Waals surface area contributed by atoms with Gasteiger partial charge in [0.05, 0.1) is 29.8 Å². The number of hydrogen-bond acceptors (Lipinski definition) is 4. The second-order valence-corrected chi connectivity index (χ2v) is 13.8. The number of carboxylic acid groups (broad SMARTS) is 1. The fourth-order valence-electron chi connectivity index (χ4n) is 3.58. The van der Waals surface area contributed by atoms with Crippen molar-refractivity contribution in [2.45, 2.75) is 57.5 Å². The minimum Gasteiger partial charge on any atom is -0.465 e. The van der Waals surface area contributed by atoms with E-state index in [-0.39, 0.29) is 36.0 Å². The first kappa shape index (κ1) is 20.5. The molecule has 0 spiro atoms. The van der Waals surface area contributed by atoms with Gasteiger partial charge in [0.2, 0.25) is 0 Å². The highest BCUT2D eigenvalue weighted by Crippen LogP contribution is 2.39.